The van der Waals surface area contributed by atoms with Gasteiger partial charge in [0, 0.05) is 35.6 Å². The monoisotopic (exact) mass is 598 g/mol. The molecule has 6 aromatic rings. The number of benzene rings is 2. The van der Waals surface area contributed by atoms with Crippen LogP contribution >= 0.6 is 0 Å². The Balaban J connectivity index is 0.000000146. The van der Waals surface area contributed by atoms with Gasteiger partial charge in [0.25, 0.3) is 0 Å². The zero-order valence-electron chi connectivity index (χ0n) is 25.7. The van der Waals surface area contributed by atoms with E-state index in [1.165, 1.54) is 0 Å². The lowest BCUT2D eigenvalue weighted by atomic mass is 9.82. The number of hydrogen-bond acceptors (Lipinski definition) is 7. The second kappa shape index (κ2) is 13.3. The fourth-order valence-electron chi connectivity index (χ4n) is 6.72. The highest BCUT2D eigenvalue weighted by Crippen LogP contribution is 2.33. The van der Waals surface area contributed by atoms with E-state index in [-0.39, 0.29) is 7.05 Å². The molecule has 2 aliphatic heterocycles. The fourth-order valence-corrected chi connectivity index (χ4v) is 6.72. The number of aromatic nitrogens is 6. The Kier molecular flexibility index (Phi) is 8.68. The Morgan fingerprint density at radius 3 is 1.58 bits per heavy atom. The SMILES string of the molecule is CB(O)N1CCC(n2c(-c3ccccc3)nc3cccnc32)CC1.c1ccc(-c2nc3cccnc3n2C2CCNCC2)cc1. The third kappa shape index (κ3) is 6.13. The van der Waals surface area contributed by atoms with E-state index in [9.17, 15) is 5.02 Å². The maximum atomic E-state index is 9.79. The lowest BCUT2D eigenvalue weighted by Crippen LogP contribution is -2.43. The molecule has 45 heavy (non-hydrogen) atoms. The van der Waals surface area contributed by atoms with E-state index in [0.717, 1.165) is 97.0 Å². The third-order valence-corrected chi connectivity index (χ3v) is 9.03. The number of nitrogens with zero attached hydrogens (tertiary/aromatic N) is 7. The van der Waals surface area contributed by atoms with Crippen LogP contribution in [0.3, 0.4) is 0 Å². The summed E-state index contributed by atoms with van der Waals surface area (Å²) in [7, 11) is -0.378. The maximum Gasteiger partial charge on any atom is 0.376 e. The molecule has 8 rings (SSSR count). The average molecular weight is 599 g/mol. The Labute approximate surface area is 264 Å². The van der Waals surface area contributed by atoms with E-state index in [1.807, 2.05) is 67.7 Å². The highest BCUT2D eigenvalue weighted by atomic mass is 16.2. The Morgan fingerprint density at radius 2 is 1.11 bits per heavy atom. The molecule has 0 saturated carbocycles. The van der Waals surface area contributed by atoms with Gasteiger partial charge in [0.05, 0.1) is 0 Å². The van der Waals surface area contributed by atoms with Crippen molar-refractivity contribution in [2.75, 3.05) is 26.2 Å². The Hall–Kier alpha value is -4.38. The molecule has 6 heterocycles. The number of hydrogen-bond donors (Lipinski definition) is 2. The molecule has 0 unspecified atom stereocenters. The second-order valence-corrected chi connectivity index (χ2v) is 11.9. The minimum Gasteiger partial charge on any atom is -0.437 e. The molecule has 0 radical (unpaired) electrons. The molecule has 2 N–H and O–H groups in total. The van der Waals surface area contributed by atoms with E-state index in [1.54, 1.807) is 0 Å². The number of piperidine rings is 2. The predicted octanol–water partition coefficient (Wildman–Crippen LogP) is 5.87. The molecule has 2 fully saturated rings. The van der Waals surface area contributed by atoms with Crippen molar-refractivity contribution in [2.45, 2.75) is 44.6 Å². The molecule has 0 spiro atoms. The Morgan fingerprint density at radius 1 is 0.644 bits per heavy atom. The van der Waals surface area contributed by atoms with Crippen LogP contribution in [0.4, 0.5) is 0 Å². The average Bonchev–Trinajstić information content (AvgIpc) is 3.69. The van der Waals surface area contributed by atoms with Crippen molar-refractivity contribution in [3.63, 3.8) is 0 Å². The summed E-state index contributed by atoms with van der Waals surface area (Å²) >= 11 is 0. The molecule has 0 amide bonds. The highest BCUT2D eigenvalue weighted by molar-refractivity contribution is 6.45. The van der Waals surface area contributed by atoms with E-state index in [4.69, 9.17) is 9.97 Å². The van der Waals surface area contributed by atoms with Gasteiger partial charge in [-0.1, -0.05) is 60.7 Å². The molecule has 4 aromatic heterocycles. The summed E-state index contributed by atoms with van der Waals surface area (Å²) in [5, 5.41) is 13.2. The molecular formula is C35H39BN8O. The van der Waals surface area contributed by atoms with Gasteiger partial charge in [-0.3, -0.25) is 0 Å². The Bertz CT molecular complexity index is 1840. The minimum absolute atomic E-state index is 0.357. The molecule has 2 aliphatic rings. The van der Waals surface area contributed by atoms with E-state index in [2.05, 4.69) is 65.6 Å². The van der Waals surface area contributed by atoms with Gasteiger partial charge in [0.1, 0.15) is 22.7 Å². The van der Waals surface area contributed by atoms with Gasteiger partial charge in [-0.25, -0.2) is 19.9 Å². The molecule has 0 atom stereocenters. The van der Waals surface area contributed by atoms with Crippen molar-refractivity contribution in [2.24, 2.45) is 0 Å². The van der Waals surface area contributed by atoms with Crippen molar-refractivity contribution in [1.82, 2.24) is 39.2 Å². The quantitative estimate of drug-likeness (QED) is 0.240. The second-order valence-electron chi connectivity index (χ2n) is 11.9. The van der Waals surface area contributed by atoms with Crippen LogP contribution in [0.1, 0.15) is 37.8 Å². The largest absolute Gasteiger partial charge is 0.437 e. The van der Waals surface area contributed by atoms with Gasteiger partial charge in [0.2, 0.25) is 0 Å². The fraction of sp³-hybridized carbons (Fsp3) is 0.314. The summed E-state index contributed by atoms with van der Waals surface area (Å²) in [6.07, 6.45) is 7.93. The number of rotatable bonds is 5. The first-order valence-corrected chi connectivity index (χ1v) is 16.1. The van der Waals surface area contributed by atoms with Gasteiger partial charge >= 0.3 is 7.05 Å². The van der Waals surface area contributed by atoms with Crippen molar-refractivity contribution in [1.29, 1.82) is 0 Å². The van der Waals surface area contributed by atoms with E-state index >= 15 is 0 Å². The summed E-state index contributed by atoms with van der Waals surface area (Å²) in [5.74, 6) is 2.02. The molecule has 10 heteroatoms. The number of pyridine rings is 2. The summed E-state index contributed by atoms with van der Waals surface area (Å²) in [6.45, 7) is 5.74. The van der Waals surface area contributed by atoms with Gasteiger partial charge in [-0.15, -0.1) is 0 Å². The molecule has 9 nitrogen and oxygen atoms in total. The first-order chi connectivity index (χ1) is 22.2. The lowest BCUT2D eigenvalue weighted by Gasteiger charge is -2.34. The van der Waals surface area contributed by atoms with E-state index in [0.29, 0.717) is 12.1 Å². The number of fused-ring (bicyclic) bond motifs is 2. The predicted molar refractivity (Wildman–Crippen MR) is 181 cm³/mol. The molecular weight excluding hydrogens is 559 g/mol. The lowest BCUT2D eigenvalue weighted by molar-refractivity contribution is 0.255. The van der Waals surface area contributed by atoms with Crippen molar-refractivity contribution < 1.29 is 5.02 Å². The van der Waals surface area contributed by atoms with Crippen LogP contribution in [0.5, 0.6) is 0 Å². The molecule has 0 bridgehead atoms. The number of nitrogens with one attached hydrogen (secondary N) is 1. The maximum absolute atomic E-state index is 9.79. The third-order valence-electron chi connectivity index (χ3n) is 9.03. The van der Waals surface area contributed by atoms with Gasteiger partial charge < -0.3 is 24.3 Å². The molecule has 2 aromatic carbocycles. The van der Waals surface area contributed by atoms with Crippen LogP contribution in [0.2, 0.25) is 6.82 Å². The smallest absolute Gasteiger partial charge is 0.376 e. The zero-order chi connectivity index (χ0) is 30.6. The summed E-state index contributed by atoms with van der Waals surface area (Å²) in [6, 6.07) is 29.5. The summed E-state index contributed by atoms with van der Waals surface area (Å²) < 4.78 is 4.63. The van der Waals surface area contributed by atoms with Crippen LogP contribution in [0.15, 0.2) is 97.3 Å². The van der Waals surface area contributed by atoms with Gasteiger partial charge in [-0.05, 0) is 83.0 Å². The van der Waals surface area contributed by atoms with Gasteiger partial charge in [0.15, 0.2) is 11.3 Å². The van der Waals surface area contributed by atoms with Crippen molar-refractivity contribution >= 4 is 29.4 Å². The molecule has 0 aliphatic carbocycles. The van der Waals surface area contributed by atoms with Crippen molar-refractivity contribution in [3.8, 4) is 22.8 Å². The molecule has 2 saturated heterocycles. The van der Waals surface area contributed by atoms with Crippen LogP contribution in [-0.4, -0.2) is 72.1 Å². The van der Waals surface area contributed by atoms with Crippen LogP contribution in [0, 0.1) is 0 Å². The standard InChI is InChI=1S/C18H21BN4O.C17H18N4/c1-19(24)22-12-9-15(10-13-22)23-17(14-6-3-2-4-7-14)21-16-8-5-11-20-18(16)23;1-2-5-13(6-3-1)16-20-15-7-4-10-19-17(15)21(16)14-8-11-18-12-9-14/h2-8,11,15,24H,9-10,12-13H2,1H3;1-7,10,14,18H,8-9,11-12H2. The minimum atomic E-state index is -0.378. The van der Waals surface area contributed by atoms with Crippen LogP contribution < -0.4 is 5.32 Å². The summed E-state index contributed by atoms with van der Waals surface area (Å²) in [5.41, 5.74) is 6.15. The summed E-state index contributed by atoms with van der Waals surface area (Å²) in [4.78, 5) is 21.0. The number of imidazole rings is 2. The van der Waals surface area contributed by atoms with Gasteiger partial charge in [-0.2, -0.15) is 0 Å². The molecule has 228 valence electrons. The normalized spacial score (nSPS) is 16.5. The topological polar surface area (TPSA) is 96.9 Å². The first kappa shape index (κ1) is 29.3. The zero-order valence-corrected chi connectivity index (χ0v) is 25.7. The first-order valence-electron chi connectivity index (χ1n) is 16.1. The van der Waals surface area contributed by atoms with E-state index < -0.39 is 0 Å². The van der Waals surface area contributed by atoms with Crippen molar-refractivity contribution in [3.05, 3.63) is 97.3 Å². The van der Waals surface area contributed by atoms with Crippen LogP contribution in [-0.2, 0) is 0 Å². The highest BCUT2D eigenvalue weighted by Gasteiger charge is 2.28. The van der Waals surface area contributed by atoms with Crippen LogP contribution in [0.25, 0.3) is 45.1 Å².